The molecule has 7 nitrogen and oxygen atoms in total. The number of nitrogens with two attached hydrogens (primary N) is 1. The fraction of sp³-hybridized carbons (Fsp3) is 0.111. The van der Waals surface area contributed by atoms with Crippen molar-refractivity contribution < 1.29 is 19.1 Å². The first-order chi connectivity index (χ1) is 7.69. The van der Waals surface area contributed by atoms with E-state index in [2.05, 4.69) is 9.97 Å². The molecule has 0 spiro atoms. The molecule has 0 amide bonds. The quantitative estimate of drug-likeness (QED) is 0.626. The van der Waals surface area contributed by atoms with Gasteiger partial charge in [0.2, 0.25) is 5.75 Å². The second kappa shape index (κ2) is 4.07. The Bertz CT molecular complexity index is 484. The molecule has 1 aliphatic heterocycles. The molecule has 1 aromatic heterocycles. The summed E-state index contributed by atoms with van der Waals surface area (Å²) < 4.78 is 9.63. The van der Waals surface area contributed by atoms with Crippen LogP contribution in [0.5, 0.6) is 11.6 Å². The van der Waals surface area contributed by atoms with E-state index in [0.717, 1.165) is 12.2 Å². The van der Waals surface area contributed by atoms with Crippen molar-refractivity contribution in [1.29, 1.82) is 0 Å². The molecule has 0 radical (unpaired) electrons. The highest BCUT2D eigenvalue weighted by Crippen LogP contribution is 2.24. The average Bonchev–Trinajstić information content (AvgIpc) is 2.27. The first-order valence-electron chi connectivity index (χ1n) is 4.36. The first kappa shape index (κ1) is 10.2. The van der Waals surface area contributed by atoms with Crippen LogP contribution in [0.1, 0.15) is 5.82 Å². The van der Waals surface area contributed by atoms with E-state index in [4.69, 9.17) is 15.2 Å². The number of aromatic nitrogens is 2. The third kappa shape index (κ3) is 2.04. The SMILES string of the molecule is NCc1ncc2c(n1)OC(=O)/C=C\C(=O)O2. The fourth-order valence-electron chi connectivity index (χ4n) is 1.04. The molecule has 0 saturated heterocycles. The van der Waals surface area contributed by atoms with E-state index in [-0.39, 0.29) is 24.0 Å². The Hall–Kier alpha value is -2.28. The van der Waals surface area contributed by atoms with Gasteiger partial charge in [0.25, 0.3) is 5.88 Å². The number of nitrogens with zero attached hydrogens (tertiary/aromatic N) is 2. The summed E-state index contributed by atoms with van der Waals surface area (Å²) >= 11 is 0. The van der Waals surface area contributed by atoms with Gasteiger partial charge in [-0.2, -0.15) is 4.98 Å². The lowest BCUT2D eigenvalue weighted by atomic mass is 10.4. The number of rotatable bonds is 1. The van der Waals surface area contributed by atoms with Crippen LogP contribution in [-0.4, -0.2) is 21.9 Å². The Kier molecular flexibility index (Phi) is 2.61. The lowest BCUT2D eigenvalue weighted by Crippen LogP contribution is -2.16. The molecule has 0 unspecified atom stereocenters. The molecule has 0 aromatic carbocycles. The molecule has 2 heterocycles. The van der Waals surface area contributed by atoms with Gasteiger partial charge in [-0.3, -0.25) is 0 Å². The van der Waals surface area contributed by atoms with Gasteiger partial charge >= 0.3 is 11.9 Å². The van der Waals surface area contributed by atoms with Gasteiger partial charge in [-0.05, 0) is 0 Å². The van der Waals surface area contributed by atoms with E-state index in [9.17, 15) is 9.59 Å². The number of esters is 2. The summed E-state index contributed by atoms with van der Waals surface area (Å²) in [6.45, 7) is 0.0919. The second-order valence-electron chi connectivity index (χ2n) is 2.84. The maximum absolute atomic E-state index is 11.1. The van der Waals surface area contributed by atoms with Crippen LogP contribution in [0.3, 0.4) is 0 Å². The Morgan fingerprint density at radius 1 is 1.19 bits per heavy atom. The maximum atomic E-state index is 11.1. The molecule has 1 aliphatic rings. The Morgan fingerprint density at radius 2 is 1.88 bits per heavy atom. The summed E-state index contributed by atoms with van der Waals surface area (Å²) in [7, 11) is 0. The van der Waals surface area contributed by atoms with Crippen molar-refractivity contribution in [3.8, 4) is 11.6 Å². The summed E-state index contributed by atoms with van der Waals surface area (Å²) in [5.74, 6) is -1.24. The zero-order valence-electron chi connectivity index (χ0n) is 8.04. The molecule has 0 fully saturated rings. The van der Waals surface area contributed by atoms with Crippen molar-refractivity contribution in [2.24, 2.45) is 5.73 Å². The number of ether oxygens (including phenoxy) is 2. The Balaban J connectivity index is 2.43. The van der Waals surface area contributed by atoms with Crippen molar-refractivity contribution in [1.82, 2.24) is 9.97 Å². The standard InChI is InChI=1S/C9H7N3O4/c10-3-6-11-4-5-9(12-6)16-8(14)2-1-7(13)15-5/h1-2,4H,3,10H2/b2-1-. The summed E-state index contributed by atoms with van der Waals surface area (Å²) in [5, 5.41) is 0. The maximum Gasteiger partial charge on any atom is 0.337 e. The molecule has 1 aromatic rings. The van der Waals surface area contributed by atoms with E-state index in [1.54, 1.807) is 0 Å². The van der Waals surface area contributed by atoms with Crippen LogP contribution in [0, 0.1) is 0 Å². The van der Waals surface area contributed by atoms with Gasteiger partial charge in [0.1, 0.15) is 5.82 Å². The lowest BCUT2D eigenvalue weighted by Gasteiger charge is -2.09. The van der Waals surface area contributed by atoms with Gasteiger partial charge in [-0.15, -0.1) is 0 Å². The van der Waals surface area contributed by atoms with Crippen molar-refractivity contribution in [2.45, 2.75) is 6.54 Å². The molecule has 16 heavy (non-hydrogen) atoms. The third-order valence-electron chi connectivity index (χ3n) is 1.72. The van der Waals surface area contributed by atoms with Gasteiger partial charge in [0.05, 0.1) is 12.7 Å². The minimum atomic E-state index is -0.709. The molecule has 0 aliphatic carbocycles. The van der Waals surface area contributed by atoms with Crippen molar-refractivity contribution in [3.05, 3.63) is 24.2 Å². The topological polar surface area (TPSA) is 104 Å². The number of hydrogen-bond acceptors (Lipinski definition) is 7. The van der Waals surface area contributed by atoms with Crippen LogP contribution in [-0.2, 0) is 16.1 Å². The summed E-state index contributed by atoms with van der Waals surface area (Å²) in [5.41, 5.74) is 5.33. The zero-order chi connectivity index (χ0) is 11.5. The molecule has 2 N–H and O–H groups in total. The van der Waals surface area contributed by atoms with Crippen molar-refractivity contribution in [3.63, 3.8) is 0 Å². The lowest BCUT2D eigenvalue weighted by molar-refractivity contribution is -0.133. The van der Waals surface area contributed by atoms with Gasteiger partial charge in [0.15, 0.2) is 0 Å². The van der Waals surface area contributed by atoms with Crippen molar-refractivity contribution in [2.75, 3.05) is 0 Å². The number of fused-ring (bicyclic) bond motifs is 1. The minimum absolute atomic E-state index is 0.0140. The highest BCUT2D eigenvalue weighted by Gasteiger charge is 2.17. The molecular weight excluding hydrogens is 214 g/mol. The predicted molar refractivity (Wildman–Crippen MR) is 50.3 cm³/mol. The van der Waals surface area contributed by atoms with Crippen molar-refractivity contribution >= 4 is 11.9 Å². The normalized spacial score (nSPS) is 16.6. The highest BCUT2D eigenvalue weighted by molar-refractivity contribution is 5.94. The molecule has 7 heteroatoms. The van der Waals surface area contributed by atoms with Crippen LogP contribution in [0.25, 0.3) is 0 Å². The van der Waals surface area contributed by atoms with Gasteiger partial charge in [-0.25, -0.2) is 14.6 Å². The molecule has 0 atom stereocenters. The van der Waals surface area contributed by atoms with Crippen LogP contribution >= 0.6 is 0 Å². The molecule has 0 saturated carbocycles. The van der Waals surface area contributed by atoms with E-state index < -0.39 is 11.9 Å². The molecule has 0 bridgehead atoms. The van der Waals surface area contributed by atoms with Gasteiger partial charge in [0, 0.05) is 12.2 Å². The fourth-order valence-corrected chi connectivity index (χ4v) is 1.04. The Morgan fingerprint density at radius 3 is 2.56 bits per heavy atom. The van der Waals surface area contributed by atoms with E-state index in [0.29, 0.717) is 0 Å². The van der Waals surface area contributed by atoms with Crippen LogP contribution < -0.4 is 15.2 Å². The van der Waals surface area contributed by atoms with E-state index >= 15 is 0 Å². The second-order valence-corrected chi connectivity index (χ2v) is 2.84. The predicted octanol–water partition coefficient (Wildman–Crippen LogP) is -0.684. The number of carbonyl (C=O) groups excluding carboxylic acids is 2. The third-order valence-corrected chi connectivity index (χ3v) is 1.72. The average molecular weight is 221 g/mol. The summed E-state index contributed by atoms with van der Waals surface area (Å²) in [6, 6.07) is 0. The molecular formula is C9H7N3O4. The number of hydrogen-bond donors (Lipinski definition) is 1. The Labute approximate surface area is 89.9 Å². The largest absolute Gasteiger partial charge is 0.416 e. The van der Waals surface area contributed by atoms with E-state index in [1.165, 1.54) is 6.20 Å². The van der Waals surface area contributed by atoms with Gasteiger partial charge in [-0.1, -0.05) is 0 Å². The van der Waals surface area contributed by atoms with Crippen LogP contribution in [0.4, 0.5) is 0 Å². The molecule has 2 rings (SSSR count). The van der Waals surface area contributed by atoms with E-state index in [1.807, 2.05) is 0 Å². The molecule has 82 valence electrons. The van der Waals surface area contributed by atoms with Gasteiger partial charge < -0.3 is 15.2 Å². The zero-order valence-corrected chi connectivity index (χ0v) is 8.04. The smallest absolute Gasteiger partial charge is 0.337 e. The summed E-state index contributed by atoms with van der Waals surface area (Å²) in [6.07, 6.45) is 3.15. The van der Waals surface area contributed by atoms with Crippen LogP contribution in [0.2, 0.25) is 0 Å². The van der Waals surface area contributed by atoms with Crippen LogP contribution in [0.15, 0.2) is 18.3 Å². The summed E-state index contributed by atoms with van der Waals surface area (Å²) in [4.78, 5) is 29.9. The minimum Gasteiger partial charge on any atom is -0.416 e. The monoisotopic (exact) mass is 221 g/mol. The number of carbonyl (C=O) groups is 2. The highest BCUT2D eigenvalue weighted by atomic mass is 16.6. The first-order valence-corrected chi connectivity index (χ1v) is 4.36.